The fourth-order valence-electron chi connectivity index (χ4n) is 1.96. The second kappa shape index (κ2) is 5.15. The normalized spacial score (nSPS) is 18.3. The van der Waals surface area contributed by atoms with E-state index in [1.165, 1.54) is 19.2 Å². The maximum absolute atomic E-state index is 13.6. The molecule has 0 spiro atoms. The summed E-state index contributed by atoms with van der Waals surface area (Å²) in [4.78, 5) is 0. The Hall–Kier alpha value is -2.28. The number of hydrogen-bond donors (Lipinski definition) is 1. The largest absolute Gasteiger partial charge is 0.491 e. The zero-order valence-corrected chi connectivity index (χ0v) is 10.5. The molecule has 0 radical (unpaired) electrons. The molecule has 98 valence electrons. The minimum atomic E-state index is -0.745. The van der Waals surface area contributed by atoms with E-state index in [-0.39, 0.29) is 11.7 Å². The Morgan fingerprint density at radius 2 is 2.05 bits per heavy atom. The van der Waals surface area contributed by atoms with Gasteiger partial charge in [-0.3, -0.25) is 0 Å². The van der Waals surface area contributed by atoms with Crippen LogP contribution in [0.25, 0.3) is 5.70 Å². The van der Waals surface area contributed by atoms with Crippen molar-refractivity contribution in [2.75, 3.05) is 7.11 Å². The molecule has 0 aromatic heterocycles. The average Bonchev–Trinajstić information content (AvgIpc) is 2.38. The highest BCUT2D eigenvalue weighted by molar-refractivity contribution is 5.67. The molecule has 1 aliphatic heterocycles. The summed E-state index contributed by atoms with van der Waals surface area (Å²) in [6.45, 7) is 3.81. The highest BCUT2D eigenvalue weighted by atomic mass is 19.1. The van der Waals surface area contributed by atoms with Crippen LogP contribution in [0.4, 0.5) is 8.78 Å². The van der Waals surface area contributed by atoms with Crippen molar-refractivity contribution >= 4 is 5.70 Å². The highest BCUT2D eigenvalue weighted by Crippen LogP contribution is 2.29. The summed E-state index contributed by atoms with van der Waals surface area (Å²) in [6, 6.07) is 2.43. The summed E-state index contributed by atoms with van der Waals surface area (Å²) in [6.07, 6.45) is 7.74. The summed E-state index contributed by atoms with van der Waals surface area (Å²) >= 11 is 0. The van der Waals surface area contributed by atoms with Crippen molar-refractivity contribution in [1.29, 1.82) is 0 Å². The van der Waals surface area contributed by atoms with E-state index < -0.39 is 11.6 Å². The van der Waals surface area contributed by atoms with Crippen molar-refractivity contribution in [3.05, 3.63) is 47.7 Å². The van der Waals surface area contributed by atoms with E-state index in [0.29, 0.717) is 23.4 Å². The Bertz CT molecular complexity index is 576. The van der Waals surface area contributed by atoms with E-state index in [1.54, 1.807) is 6.08 Å². The Kier molecular flexibility index (Phi) is 3.57. The summed E-state index contributed by atoms with van der Waals surface area (Å²) in [5.74, 6) is 0.612. The zero-order chi connectivity index (χ0) is 14.0. The molecule has 1 aromatic carbocycles. The van der Waals surface area contributed by atoms with Gasteiger partial charge in [0.1, 0.15) is 0 Å². The van der Waals surface area contributed by atoms with Crippen molar-refractivity contribution in [3.8, 4) is 18.1 Å². The molecular weight excluding hydrogens is 248 g/mol. The van der Waals surface area contributed by atoms with Crippen LogP contribution in [0.3, 0.4) is 0 Å². The van der Waals surface area contributed by atoms with Gasteiger partial charge in [0.25, 0.3) is 0 Å². The van der Waals surface area contributed by atoms with Gasteiger partial charge in [-0.15, -0.1) is 6.42 Å². The van der Waals surface area contributed by atoms with Gasteiger partial charge in [-0.05, 0) is 18.6 Å². The summed E-state index contributed by atoms with van der Waals surface area (Å²) in [5, 5.41) is 2.98. The predicted molar refractivity (Wildman–Crippen MR) is 70.1 cm³/mol. The number of hydrogen-bond acceptors (Lipinski definition) is 2. The van der Waals surface area contributed by atoms with Crippen LogP contribution in [0.5, 0.6) is 5.75 Å². The third-order valence-corrected chi connectivity index (χ3v) is 2.99. The standard InChI is InChI=1S/C15H13F2NO/c1-4-10-5-6-14(18-9(10)2)11-7-12(16)15(19-3)13(17)8-11/h1,6-8,10,18H,2,5H2,3H3. The Morgan fingerprint density at radius 1 is 1.42 bits per heavy atom. The molecule has 4 heteroatoms. The van der Waals surface area contributed by atoms with E-state index in [9.17, 15) is 8.78 Å². The summed E-state index contributed by atoms with van der Waals surface area (Å²) in [5.41, 5.74) is 1.64. The van der Waals surface area contributed by atoms with E-state index in [1.807, 2.05) is 0 Å². The molecule has 2 nitrogen and oxygen atoms in total. The molecule has 1 N–H and O–H groups in total. The molecule has 0 amide bonds. The van der Waals surface area contributed by atoms with Crippen molar-refractivity contribution < 1.29 is 13.5 Å². The van der Waals surface area contributed by atoms with Crippen LogP contribution in [0.2, 0.25) is 0 Å². The lowest BCUT2D eigenvalue weighted by molar-refractivity contribution is 0.359. The lowest BCUT2D eigenvalue weighted by Crippen LogP contribution is -2.22. The van der Waals surface area contributed by atoms with Crippen LogP contribution in [0.15, 0.2) is 30.5 Å². The van der Waals surface area contributed by atoms with Gasteiger partial charge in [0, 0.05) is 17.0 Å². The average molecular weight is 261 g/mol. The molecule has 1 atom stereocenters. The molecule has 19 heavy (non-hydrogen) atoms. The van der Waals surface area contributed by atoms with Gasteiger partial charge in [0.05, 0.1) is 13.0 Å². The maximum Gasteiger partial charge on any atom is 0.190 e. The molecule has 0 saturated heterocycles. The first-order chi connectivity index (χ1) is 9.06. The molecule has 0 fully saturated rings. The van der Waals surface area contributed by atoms with E-state index >= 15 is 0 Å². The molecule has 1 heterocycles. The first-order valence-corrected chi connectivity index (χ1v) is 5.72. The quantitative estimate of drug-likeness (QED) is 0.826. The number of terminal acetylenes is 1. The Balaban J connectivity index is 2.37. The number of ether oxygens (including phenoxy) is 1. The molecule has 1 aliphatic rings. The highest BCUT2D eigenvalue weighted by Gasteiger charge is 2.19. The third-order valence-electron chi connectivity index (χ3n) is 2.99. The molecule has 1 unspecified atom stereocenters. The van der Waals surface area contributed by atoms with E-state index in [0.717, 1.165) is 0 Å². The summed E-state index contributed by atoms with van der Waals surface area (Å²) in [7, 11) is 1.22. The molecule has 1 aromatic rings. The second-order valence-corrected chi connectivity index (χ2v) is 4.20. The number of nitrogens with one attached hydrogen (secondary N) is 1. The first kappa shape index (κ1) is 13.2. The molecule has 0 bridgehead atoms. The zero-order valence-electron chi connectivity index (χ0n) is 10.5. The van der Waals surface area contributed by atoms with Gasteiger partial charge in [0.2, 0.25) is 0 Å². The minimum absolute atomic E-state index is 0.100. The molecule has 2 rings (SSSR count). The van der Waals surface area contributed by atoms with Gasteiger partial charge in [-0.1, -0.05) is 18.6 Å². The van der Waals surface area contributed by atoms with Gasteiger partial charge in [-0.2, -0.15) is 0 Å². The van der Waals surface area contributed by atoms with Gasteiger partial charge in [-0.25, -0.2) is 8.78 Å². The van der Waals surface area contributed by atoms with Crippen LogP contribution in [-0.4, -0.2) is 7.11 Å². The number of methoxy groups -OCH3 is 1. The maximum atomic E-state index is 13.6. The lowest BCUT2D eigenvalue weighted by atomic mass is 9.96. The van der Waals surface area contributed by atoms with Crippen molar-refractivity contribution in [2.24, 2.45) is 5.92 Å². The smallest absolute Gasteiger partial charge is 0.190 e. The lowest BCUT2D eigenvalue weighted by Gasteiger charge is -2.23. The minimum Gasteiger partial charge on any atom is -0.491 e. The fraction of sp³-hybridized carbons (Fsp3) is 0.200. The van der Waals surface area contributed by atoms with Crippen LogP contribution < -0.4 is 10.1 Å². The molecule has 0 aliphatic carbocycles. The van der Waals surface area contributed by atoms with E-state index in [2.05, 4.69) is 22.6 Å². The topological polar surface area (TPSA) is 21.3 Å². The number of rotatable bonds is 2. The Labute approximate surface area is 110 Å². The number of benzene rings is 1. The van der Waals surface area contributed by atoms with Gasteiger partial charge in [0.15, 0.2) is 17.4 Å². The van der Waals surface area contributed by atoms with Crippen molar-refractivity contribution in [3.63, 3.8) is 0 Å². The monoisotopic (exact) mass is 261 g/mol. The third kappa shape index (κ3) is 2.45. The molecule has 0 saturated carbocycles. The van der Waals surface area contributed by atoms with Crippen molar-refractivity contribution in [2.45, 2.75) is 6.42 Å². The number of allylic oxidation sites excluding steroid dienone is 2. The van der Waals surface area contributed by atoms with Crippen molar-refractivity contribution in [1.82, 2.24) is 5.32 Å². The number of halogens is 2. The molecular formula is C15H13F2NO. The van der Waals surface area contributed by atoms with Crippen LogP contribution in [0, 0.1) is 29.9 Å². The fourth-order valence-corrected chi connectivity index (χ4v) is 1.96. The second-order valence-electron chi connectivity index (χ2n) is 4.20. The van der Waals surface area contributed by atoms with Gasteiger partial charge >= 0.3 is 0 Å². The Morgan fingerprint density at radius 3 is 2.53 bits per heavy atom. The van der Waals surface area contributed by atoms with Crippen LogP contribution in [-0.2, 0) is 0 Å². The SMILES string of the molecule is C#CC1CC=C(c2cc(F)c(OC)c(F)c2)NC1=C. The van der Waals surface area contributed by atoms with Crippen LogP contribution in [0.1, 0.15) is 12.0 Å². The summed E-state index contributed by atoms with van der Waals surface area (Å²) < 4.78 is 31.9. The van der Waals surface area contributed by atoms with Crippen LogP contribution >= 0.6 is 0 Å². The first-order valence-electron chi connectivity index (χ1n) is 5.72. The van der Waals surface area contributed by atoms with E-state index in [4.69, 9.17) is 6.42 Å². The predicted octanol–water partition coefficient (Wildman–Crippen LogP) is 3.07. The van der Waals surface area contributed by atoms with Gasteiger partial charge < -0.3 is 10.1 Å².